The summed E-state index contributed by atoms with van der Waals surface area (Å²) in [6.45, 7) is 9.24. The third kappa shape index (κ3) is 4.01. The molecule has 1 aliphatic heterocycles. The fourth-order valence-corrected chi connectivity index (χ4v) is 3.69. The van der Waals surface area contributed by atoms with E-state index in [9.17, 15) is 0 Å². The molecule has 1 fully saturated rings. The molecular weight excluding hydrogens is 256 g/mol. The van der Waals surface area contributed by atoms with Gasteiger partial charge in [0, 0.05) is 23.8 Å². The highest BCUT2D eigenvalue weighted by atomic mass is 32.1. The monoisotopic (exact) mass is 282 g/mol. The maximum Gasteiger partial charge on any atom is 0.0931 e. The standard InChI is InChI=1S/C15H26N2OS/c1-11(2)17-6-4-13(5-7-17)8-15-16-14(10-19-15)12(3)9-18/h10-13,18H,4-9H2,1-3H3. The summed E-state index contributed by atoms with van der Waals surface area (Å²) in [4.78, 5) is 7.24. The number of rotatable bonds is 5. The van der Waals surface area contributed by atoms with Crippen molar-refractivity contribution in [3.63, 3.8) is 0 Å². The van der Waals surface area contributed by atoms with Gasteiger partial charge in [0.05, 0.1) is 17.3 Å². The van der Waals surface area contributed by atoms with Crippen molar-refractivity contribution in [2.24, 2.45) is 5.92 Å². The van der Waals surface area contributed by atoms with E-state index in [0.29, 0.717) is 6.04 Å². The number of aromatic nitrogens is 1. The van der Waals surface area contributed by atoms with E-state index in [-0.39, 0.29) is 12.5 Å². The van der Waals surface area contributed by atoms with Gasteiger partial charge in [-0.2, -0.15) is 0 Å². The van der Waals surface area contributed by atoms with Gasteiger partial charge in [-0.1, -0.05) is 6.92 Å². The maximum atomic E-state index is 9.16. The van der Waals surface area contributed by atoms with Crippen molar-refractivity contribution in [3.8, 4) is 0 Å². The molecule has 0 spiro atoms. The zero-order valence-corrected chi connectivity index (χ0v) is 13.1. The molecular formula is C15H26N2OS. The minimum Gasteiger partial charge on any atom is -0.396 e. The highest BCUT2D eigenvalue weighted by molar-refractivity contribution is 7.09. The molecule has 1 saturated heterocycles. The van der Waals surface area contributed by atoms with Crippen LogP contribution in [0.2, 0.25) is 0 Å². The summed E-state index contributed by atoms with van der Waals surface area (Å²) < 4.78 is 0. The van der Waals surface area contributed by atoms with Crippen LogP contribution in [-0.4, -0.2) is 40.7 Å². The molecule has 1 aliphatic rings. The Labute approximate surface area is 120 Å². The lowest BCUT2D eigenvalue weighted by Gasteiger charge is -2.34. The van der Waals surface area contributed by atoms with E-state index in [1.165, 1.54) is 30.9 Å². The second kappa shape index (κ2) is 6.82. The molecule has 1 N–H and O–H groups in total. The van der Waals surface area contributed by atoms with Crippen molar-refractivity contribution < 1.29 is 5.11 Å². The summed E-state index contributed by atoms with van der Waals surface area (Å²) in [7, 11) is 0. The van der Waals surface area contributed by atoms with Gasteiger partial charge < -0.3 is 10.0 Å². The van der Waals surface area contributed by atoms with E-state index >= 15 is 0 Å². The number of thiazole rings is 1. The number of piperidine rings is 1. The van der Waals surface area contributed by atoms with Crippen molar-refractivity contribution in [1.82, 2.24) is 9.88 Å². The Kier molecular flexibility index (Phi) is 5.37. The van der Waals surface area contributed by atoms with E-state index in [1.807, 2.05) is 6.92 Å². The van der Waals surface area contributed by atoms with Gasteiger partial charge in [0.1, 0.15) is 0 Å². The summed E-state index contributed by atoms with van der Waals surface area (Å²) in [6, 6.07) is 0.679. The average molecular weight is 282 g/mol. The number of hydrogen-bond acceptors (Lipinski definition) is 4. The molecule has 4 heteroatoms. The number of likely N-dealkylation sites (tertiary alicyclic amines) is 1. The summed E-state index contributed by atoms with van der Waals surface area (Å²) in [6.07, 6.45) is 3.71. The number of aliphatic hydroxyl groups excluding tert-OH is 1. The van der Waals surface area contributed by atoms with Crippen LogP contribution in [0.4, 0.5) is 0 Å². The first-order valence-corrected chi connectivity index (χ1v) is 8.27. The van der Waals surface area contributed by atoms with Crippen LogP contribution in [0.3, 0.4) is 0 Å². The molecule has 0 aromatic carbocycles. The topological polar surface area (TPSA) is 36.4 Å². The molecule has 1 atom stereocenters. The zero-order valence-electron chi connectivity index (χ0n) is 12.3. The number of nitrogens with zero attached hydrogens (tertiary/aromatic N) is 2. The van der Waals surface area contributed by atoms with E-state index in [0.717, 1.165) is 18.0 Å². The van der Waals surface area contributed by atoms with Crippen molar-refractivity contribution in [2.75, 3.05) is 19.7 Å². The molecule has 1 unspecified atom stereocenters. The molecule has 1 aromatic rings. The van der Waals surface area contributed by atoms with Gasteiger partial charge in [-0.15, -0.1) is 11.3 Å². The molecule has 108 valence electrons. The molecule has 19 heavy (non-hydrogen) atoms. The lowest BCUT2D eigenvalue weighted by Crippen LogP contribution is -2.38. The third-order valence-corrected chi connectivity index (χ3v) is 5.08. The lowest BCUT2D eigenvalue weighted by atomic mass is 9.93. The van der Waals surface area contributed by atoms with Gasteiger partial charge in [0.15, 0.2) is 0 Å². The van der Waals surface area contributed by atoms with Gasteiger partial charge in [0.25, 0.3) is 0 Å². The molecule has 2 rings (SSSR count). The molecule has 0 radical (unpaired) electrons. The molecule has 0 saturated carbocycles. The van der Waals surface area contributed by atoms with Gasteiger partial charge in [-0.25, -0.2) is 4.98 Å². The van der Waals surface area contributed by atoms with Gasteiger partial charge in [0.2, 0.25) is 0 Å². The first-order chi connectivity index (χ1) is 9.10. The Bertz CT molecular complexity index is 383. The number of hydrogen-bond donors (Lipinski definition) is 1. The first kappa shape index (κ1) is 14.9. The number of aliphatic hydroxyl groups is 1. The minimum atomic E-state index is 0.174. The van der Waals surface area contributed by atoms with Crippen molar-refractivity contribution in [1.29, 1.82) is 0 Å². The minimum absolute atomic E-state index is 0.174. The van der Waals surface area contributed by atoms with E-state index in [4.69, 9.17) is 5.11 Å². The van der Waals surface area contributed by atoms with Crippen LogP contribution in [-0.2, 0) is 6.42 Å². The fraction of sp³-hybridized carbons (Fsp3) is 0.800. The highest BCUT2D eigenvalue weighted by Crippen LogP contribution is 2.25. The van der Waals surface area contributed by atoms with E-state index < -0.39 is 0 Å². The summed E-state index contributed by atoms with van der Waals surface area (Å²) in [5.41, 5.74) is 1.06. The largest absolute Gasteiger partial charge is 0.396 e. The quantitative estimate of drug-likeness (QED) is 0.902. The smallest absolute Gasteiger partial charge is 0.0931 e. The third-order valence-electron chi connectivity index (χ3n) is 4.19. The molecule has 2 heterocycles. The van der Waals surface area contributed by atoms with Gasteiger partial charge >= 0.3 is 0 Å². The van der Waals surface area contributed by atoms with Crippen molar-refractivity contribution >= 4 is 11.3 Å². The van der Waals surface area contributed by atoms with E-state index in [1.54, 1.807) is 11.3 Å². The van der Waals surface area contributed by atoms with Crippen LogP contribution in [0, 0.1) is 5.92 Å². The van der Waals surface area contributed by atoms with Gasteiger partial charge in [-0.05, 0) is 45.7 Å². The van der Waals surface area contributed by atoms with Crippen LogP contribution in [0.25, 0.3) is 0 Å². The lowest BCUT2D eigenvalue weighted by molar-refractivity contribution is 0.149. The summed E-state index contributed by atoms with van der Waals surface area (Å²) in [5.74, 6) is 0.964. The van der Waals surface area contributed by atoms with E-state index in [2.05, 4.69) is 29.1 Å². The Hall–Kier alpha value is -0.450. The maximum absolute atomic E-state index is 9.16. The van der Waals surface area contributed by atoms with Crippen LogP contribution >= 0.6 is 11.3 Å². The molecule has 0 bridgehead atoms. The normalized spacial score (nSPS) is 20.1. The fourth-order valence-electron chi connectivity index (χ4n) is 2.66. The predicted octanol–water partition coefficient (Wildman–Crippen LogP) is 2.90. The Morgan fingerprint density at radius 3 is 2.63 bits per heavy atom. The Morgan fingerprint density at radius 2 is 2.05 bits per heavy atom. The second-order valence-electron chi connectivity index (χ2n) is 6.03. The summed E-state index contributed by atoms with van der Waals surface area (Å²) in [5, 5.41) is 12.5. The van der Waals surface area contributed by atoms with Crippen LogP contribution in [0.15, 0.2) is 5.38 Å². The van der Waals surface area contributed by atoms with Crippen LogP contribution in [0.5, 0.6) is 0 Å². The highest BCUT2D eigenvalue weighted by Gasteiger charge is 2.22. The molecule has 0 amide bonds. The van der Waals surface area contributed by atoms with Crippen molar-refractivity contribution in [3.05, 3.63) is 16.1 Å². The Morgan fingerprint density at radius 1 is 1.37 bits per heavy atom. The van der Waals surface area contributed by atoms with Crippen LogP contribution in [0.1, 0.15) is 50.2 Å². The van der Waals surface area contributed by atoms with Crippen LogP contribution < -0.4 is 0 Å². The predicted molar refractivity (Wildman–Crippen MR) is 80.8 cm³/mol. The average Bonchev–Trinajstić information content (AvgIpc) is 2.87. The second-order valence-corrected chi connectivity index (χ2v) is 6.97. The molecule has 0 aliphatic carbocycles. The Balaban J connectivity index is 1.84. The molecule has 1 aromatic heterocycles. The SMILES string of the molecule is CC(CO)c1csc(CC2CCN(C(C)C)CC2)n1. The summed E-state index contributed by atoms with van der Waals surface area (Å²) >= 11 is 1.76. The zero-order chi connectivity index (χ0) is 13.8. The first-order valence-electron chi connectivity index (χ1n) is 7.39. The molecule has 3 nitrogen and oxygen atoms in total. The van der Waals surface area contributed by atoms with Gasteiger partial charge in [-0.3, -0.25) is 0 Å². The van der Waals surface area contributed by atoms with Crippen molar-refractivity contribution in [2.45, 2.75) is 52.0 Å².